The average molecular weight is 343 g/mol. The van der Waals surface area contributed by atoms with Crippen molar-refractivity contribution in [1.82, 2.24) is 0 Å². The molecule has 2 rings (SSSR count). The normalized spacial score (nSPS) is 10.3. The van der Waals surface area contributed by atoms with Crippen molar-refractivity contribution in [1.29, 1.82) is 0 Å². The lowest BCUT2D eigenvalue weighted by Gasteiger charge is -2.10. The van der Waals surface area contributed by atoms with Gasteiger partial charge in [-0.2, -0.15) is 0 Å². The third kappa shape index (κ3) is 3.14. The van der Waals surface area contributed by atoms with Crippen molar-refractivity contribution in [3.05, 3.63) is 63.9 Å². The van der Waals surface area contributed by atoms with Crippen molar-refractivity contribution in [3.8, 4) is 0 Å². The van der Waals surface area contributed by atoms with E-state index in [1.165, 1.54) is 6.07 Å². The number of hydrogen-bond acceptors (Lipinski definition) is 1. The van der Waals surface area contributed by atoms with Gasteiger partial charge < -0.3 is 5.32 Å². The number of rotatable bonds is 3. The van der Waals surface area contributed by atoms with Gasteiger partial charge in [-0.05, 0) is 39.7 Å². The smallest absolute Gasteiger partial charge is 0.258 e. The molecule has 0 aliphatic rings. The molecular formula is C14H10BrClFNO. The van der Waals surface area contributed by atoms with Crippen molar-refractivity contribution < 1.29 is 9.18 Å². The highest BCUT2D eigenvalue weighted by molar-refractivity contribution is 9.10. The zero-order valence-electron chi connectivity index (χ0n) is 9.79. The topological polar surface area (TPSA) is 29.1 Å². The maximum absolute atomic E-state index is 13.8. The Bertz CT molecular complexity index is 618. The Balaban J connectivity index is 2.28. The Kier molecular flexibility index (Phi) is 4.56. The summed E-state index contributed by atoms with van der Waals surface area (Å²) in [7, 11) is 0. The minimum atomic E-state index is -0.580. The summed E-state index contributed by atoms with van der Waals surface area (Å²) >= 11 is 8.84. The van der Waals surface area contributed by atoms with Gasteiger partial charge in [0.2, 0.25) is 0 Å². The first-order valence-corrected chi connectivity index (χ1v) is 6.85. The lowest BCUT2D eigenvalue weighted by Crippen LogP contribution is -2.15. The Hall–Kier alpha value is -1.39. The number of alkyl halides is 1. The predicted molar refractivity (Wildman–Crippen MR) is 78.1 cm³/mol. The maximum Gasteiger partial charge on any atom is 0.258 e. The van der Waals surface area contributed by atoms with E-state index < -0.39 is 11.7 Å². The maximum atomic E-state index is 13.8. The fraction of sp³-hybridized carbons (Fsp3) is 0.0714. The zero-order chi connectivity index (χ0) is 13.8. The molecule has 0 spiro atoms. The Morgan fingerprint density at radius 1 is 1.21 bits per heavy atom. The first-order chi connectivity index (χ1) is 9.13. The van der Waals surface area contributed by atoms with Crippen LogP contribution in [0.1, 0.15) is 15.9 Å². The highest BCUT2D eigenvalue weighted by Crippen LogP contribution is 2.21. The van der Waals surface area contributed by atoms with Crippen LogP contribution in [0.2, 0.25) is 0 Å². The Morgan fingerprint density at radius 2 is 1.95 bits per heavy atom. The van der Waals surface area contributed by atoms with E-state index in [0.29, 0.717) is 5.69 Å². The summed E-state index contributed by atoms with van der Waals surface area (Å²) in [6.07, 6.45) is 0. The number of hydrogen-bond donors (Lipinski definition) is 1. The van der Waals surface area contributed by atoms with Crippen LogP contribution in [0.3, 0.4) is 0 Å². The molecular weight excluding hydrogens is 333 g/mol. The van der Waals surface area contributed by atoms with E-state index in [-0.39, 0.29) is 15.9 Å². The SMILES string of the molecule is O=C(Nc1ccccc1CCl)c1cccc(Br)c1F. The molecule has 0 aromatic heterocycles. The summed E-state index contributed by atoms with van der Waals surface area (Å²) in [5.41, 5.74) is 1.36. The van der Waals surface area contributed by atoms with Gasteiger partial charge >= 0.3 is 0 Å². The molecule has 0 heterocycles. The van der Waals surface area contributed by atoms with Gasteiger partial charge in [0.15, 0.2) is 0 Å². The molecule has 1 amide bonds. The summed E-state index contributed by atoms with van der Waals surface area (Å²) < 4.78 is 14.1. The molecule has 0 bridgehead atoms. The molecule has 0 radical (unpaired) electrons. The second kappa shape index (κ2) is 6.17. The van der Waals surface area contributed by atoms with E-state index in [2.05, 4.69) is 21.2 Å². The lowest BCUT2D eigenvalue weighted by atomic mass is 10.1. The van der Waals surface area contributed by atoms with Gasteiger partial charge in [0.1, 0.15) is 5.82 Å². The van der Waals surface area contributed by atoms with E-state index in [1.54, 1.807) is 30.3 Å². The number of amides is 1. The molecule has 2 aromatic rings. The molecule has 0 aliphatic heterocycles. The van der Waals surface area contributed by atoms with Gasteiger partial charge in [-0.1, -0.05) is 24.3 Å². The van der Waals surface area contributed by atoms with E-state index in [4.69, 9.17) is 11.6 Å². The fourth-order valence-electron chi connectivity index (χ4n) is 1.63. The molecule has 2 nitrogen and oxygen atoms in total. The largest absolute Gasteiger partial charge is 0.322 e. The predicted octanol–water partition coefficient (Wildman–Crippen LogP) is 4.58. The molecule has 0 atom stereocenters. The van der Waals surface area contributed by atoms with E-state index in [1.807, 2.05) is 6.07 Å². The van der Waals surface area contributed by atoms with E-state index in [9.17, 15) is 9.18 Å². The van der Waals surface area contributed by atoms with Crippen LogP contribution in [0.4, 0.5) is 10.1 Å². The van der Waals surface area contributed by atoms with Crippen LogP contribution in [-0.2, 0) is 5.88 Å². The molecule has 0 aliphatic carbocycles. The van der Waals surface area contributed by atoms with Gasteiger partial charge in [0, 0.05) is 11.6 Å². The summed E-state index contributed by atoms with van der Waals surface area (Å²) in [5, 5.41) is 2.66. The lowest BCUT2D eigenvalue weighted by molar-refractivity contribution is 0.102. The molecule has 0 saturated heterocycles. The summed E-state index contributed by atoms with van der Waals surface area (Å²) in [6, 6.07) is 11.7. The number of anilines is 1. The van der Waals surface area contributed by atoms with Crippen LogP contribution in [0.5, 0.6) is 0 Å². The zero-order valence-corrected chi connectivity index (χ0v) is 12.1. The summed E-state index contributed by atoms with van der Waals surface area (Å²) in [5.74, 6) is -0.808. The van der Waals surface area contributed by atoms with Crippen LogP contribution in [0.15, 0.2) is 46.9 Å². The van der Waals surface area contributed by atoms with Crippen molar-refractivity contribution in [2.75, 3.05) is 5.32 Å². The highest BCUT2D eigenvalue weighted by Gasteiger charge is 2.14. The summed E-state index contributed by atoms with van der Waals surface area (Å²) in [6.45, 7) is 0. The monoisotopic (exact) mass is 341 g/mol. The second-order valence-corrected chi connectivity index (χ2v) is 4.97. The van der Waals surface area contributed by atoms with Gasteiger partial charge in [-0.3, -0.25) is 4.79 Å². The number of para-hydroxylation sites is 1. The number of halogens is 3. The minimum absolute atomic E-state index is 0.0150. The molecule has 0 saturated carbocycles. The number of benzene rings is 2. The molecule has 19 heavy (non-hydrogen) atoms. The Labute approximate surface area is 123 Å². The van der Waals surface area contributed by atoms with Gasteiger partial charge in [-0.15, -0.1) is 11.6 Å². The van der Waals surface area contributed by atoms with Gasteiger partial charge in [-0.25, -0.2) is 4.39 Å². The molecule has 2 aromatic carbocycles. The van der Waals surface area contributed by atoms with Crippen molar-refractivity contribution >= 4 is 39.1 Å². The van der Waals surface area contributed by atoms with Gasteiger partial charge in [0.25, 0.3) is 5.91 Å². The Morgan fingerprint density at radius 3 is 2.68 bits per heavy atom. The molecule has 1 N–H and O–H groups in total. The van der Waals surface area contributed by atoms with Crippen LogP contribution >= 0.6 is 27.5 Å². The van der Waals surface area contributed by atoms with Crippen molar-refractivity contribution in [2.24, 2.45) is 0 Å². The highest BCUT2D eigenvalue weighted by atomic mass is 79.9. The van der Waals surface area contributed by atoms with Crippen LogP contribution in [-0.4, -0.2) is 5.91 Å². The fourth-order valence-corrected chi connectivity index (χ4v) is 2.23. The first kappa shape index (κ1) is 14.0. The van der Waals surface area contributed by atoms with Crippen LogP contribution < -0.4 is 5.32 Å². The third-order valence-electron chi connectivity index (χ3n) is 2.61. The van der Waals surface area contributed by atoms with Crippen molar-refractivity contribution in [2.45, 2.75) is 5.88 Å². The molecule has 98 valence electrons. The number of carbonyl (C=O) groups excluding carboxylic acids is 1. The van der Waals surface area contributed by atoms with Gasteiger partial charge in [0.05, 0.1) is 10.0 Å². The number of carbonyl (C=O) groups is 1. The van der Waals surface area contributed by atoms with E-state index >= 15 is 0 Å². The summed E-state index contributed by atoms with van der Waals surface area (Å²) in [4.78, 5) is 12.0. The second-order valence-electron chi connectivity index (χ2n) is 3.85. The van der Waals surface area contributed by atoms with Crippen LogP contribution in [0.25, 0.3) is 0 Å². The molecule has 0 fully saturated rings. The standard InChI is InChI=1S/C14H10BrClFNO/c15-11-6-3-5-10(13(11)17)14(19)18-12-7-2-1-4-9(12)8-16/h1-7H,8H2,(H,18,19). The van der Waals surface area contributed by atoms with Crippen molar-refractivity contribution in [3.63, 3.8) is 0 Å². The molecule has 0 unspecified atom stereocenters. The quantitative estimate of drug-likeness (QED) is 0.813. The van der Waals surface area contributed by atoms with E-state index in [0.717, 1.165) is 5.56 Å². The average Bonchev–Trinajstić information content (AvgIpc) is 2.42. The number of nitrogens with one attached hydrogen (secondary N) is 1. The van der Waals surface area contributed by atoms with Crippen LogP contribution in [0, 0.1) is 5.82 Å². The third-order valence-corrected chi connectivity index (χ3v) is 3.51. The molecule has 5 heteroatoms. The first-order valence-electron chi connectivity index (χ1n) is 5.52. The minimum Gasteiger partial charge on any atom is -0.322 e.